The zero-order valence-corrected chi connectivity index (χ0v) is 24.1. The van der Waals surface area contributed by atoms with Crippen LogP contribution in [0.2, 0.25) is 0 Å². The van der Waals surface area contributed by atoms with Gasteiger partial charge in [-0.3, -0.25) is 14.7 Å². The van der Waals surface area contributed by atoms with Gasteiger partial charge in [0.25, 0.3) is 0 Å². The van der Waals surface area contributed by atoms with Crippen molar-refractivity contribution in [2.24, 2.45) is 0 Å². The number of benzene rings is 3. The number of hydrogen-bond acceptors (Lipinski definition) is 7. The van der Waals surface area contributed by atoms with E-state index < -0.39 is 28.3 Å². The van der Waals surface area contributed by atoms with Crippen LogP contribution < -0.4 is 14.8 Å². The second-order valence-corrected chi connectivity index (χ2v) is 11.3. The maximum absolute atomic E-state index is 13.6. The Labute approximate surface area is 239 Å². The van der Waals surface area contributed by atoms with Crippen LogP contribution in [0.3, 0.4) is 0 Å². The van der Waals surface area contributed by atoms with Gasteiger partial charge in [0, 0.05) is 30.5 Å². The highest BCUT2D eigenvalue weighted by Gasteiger charge is 2.27. The number of nitrogens with one attached hydrogen (secondary N) is 1. The molecular weight excluding hydrogens is 549 g/mol. The number of amides is 1. The molecule has 0 spiro atoms. The average Bonchev–Trinajstić information content (AvgIpc) is 3.38. The summed E-state index contributed by atoms with van der Waals surface area (Å²) in [7, 11) is 2.69. The summed E-state index contributed by atoms with van der Waals surface area (Å²) in [5.74, 6) is 0.353. The fraction of sp³-hybridized carbons (Fsp3) is 0.241. The summed E-state index contributed by atoms with van der Waals surface area (Å²) in [5, 5.41) is 2.75. The van der Waals surface area contributed by atoms with Gasteiger partial charge in [-0.15, -0.1) is 0 Å². The Balaban J connectivity index is 1.64. The second kappa shape index (κ2) is 12.9. The van der Waals surface area contributed by atoms with Crippen LogP contribution in [0, 0.1) is 5.82 Å². The van der Waals surface area contributed by atoms with Gasteiger partial charge in [-0.2, -0.15) is 4.31 Å². The minimum Gasteiger partial charge on any atom is -0.497 e. The Morgan fingerprint density at radius 2 is 1.49 bits per heavy atom. The number of rotatable bonds is 12. The summed E-state index contributed by atoms with van der Waals surface area (Å²) in [6.07, 6.45) is 1.71. The Hall–Kier alpha value is -4.26. The van der Waals surface area contributed by atoms with E-state index in [0.29, 0.717) is 29.4 Å². The van der Waals surface area contributed by atoms with E-state index in [1.807, 2.05) is 31.1 Å². The molecule has 0 radical (unpaired) electrons. The van der Waals surface area contributed by atoms with Crippen molar-refractivity contribution in [1.29, 1.82) is 0 Å². The molecule has 1 heterocycles. The van der Waals surface area contributed by atoms with Gasteiger partial charge in [0.15, 0.2) is 0 Å². The fourth-order valence-electron chi connectivity index (χ4n) is 3.98. The molecule has 4 aromatic rings. The highest BCUT2D eigenvalue weighted by atomic mass is 32.2. The summed E-state index contributed by atoms with van der Waals surface area (Å²) in [4.78, 5) is 19.8. The predicted octanol–water partition coefficient (Wildman–Crippen LogP) is 3.89. The lowest BCUT2D eigenvalue weighted by Crippen LogP contribution is -2.41. The number of carbonyl (C=O) groups excluding carboxylic acids is 1. The first-order valence-corrected chi connectivity index (χ1v) is 14.1. The standard InChI is InChI=1S/C29H32FN5O5S/c1-33(2)17-18-34(41(37,38)26-15-13-25(40-4)14-16-26)20-28(36)32-29-31-27(21-5-11-24(39-3)12-6-21)19-35(29)23-9-7-22(30)8-10-23/h5-16,19H,17-18,20H2,1-4H3,(H,31,32,36). The highest BCUT2D eigenvalue weighted by Crippen LogP contribution is 2.26. The van der Waals surface area contributed by atoms with Crippen molar-refractivity contribution >= 4 is 21.9 Å². The Morgan fingerprint density at radius 3 is 2.05 bits per heavy atom. The van der Waals surface area contributed by atoms with Crippen molar-refractivity contribution in [2.45, 2.75) is 4.90 Å². The minimum atomic E-state index is -4.01. The van der Waals surface area contributed by atoms with Crippen LogP contribution in [0.1, 0.15) is 0 Å². The van der Waals surface area contributed by atoms with Gasteiger partial charge in [-0.25, -0.2) is 17.8 Å². The lowest BCUT2D eigenvalue weighted by molar-refractivity contribution is -0.116. The smallest absolute Gasteiger partial charge is 0.243 e. The van der Waals surface area contributed by atoms with E-state index in [-0.39, 0.29) is 17.4 Å². The van der Waals surface area contributed by atoms with Crippen LogP contribution in [0.15, 0.2) is 83.9 Å². The van der Waals surface area contributed by atoms with E-state index in [1.54, 1.807) is 54.3 Å². The predicted molar refractivity (Wildman–Crippen MR) is 154 cm³/mol. The molecule has 4 rings (SSSR count). The molecule has 1 aromatic heterocycles. The normalized spacial score (nSPS) is 11.6. The molecule has 41 heavy (non-hydrogen) atoms. The van der Waals surface area contributed by atoms with Crippen LogP contribution in [0.5, 0.6) is 11.5 Å². The van der Waals surface area contributed by atoms with Crippen LogP contribution in [0.4, 0.5) is 10.3 Å². The molecular formula is C29H32FN5O5S. The molecule has 0 aliphatic carbocycles. The van der Waals surface area contributed by atoms with Crippen molar-refractivity contribution in [3.8, 4) is 28.4 Å². The first-order chi connectivity index (χ1) is 19.6. The summed E-state index contributed by atoms with van der Waals surface area (Å²) in [6, 6.07) is 18.9. The molecule has 0 bridgehead atoms. The number of imidazole rings is 1. The van der Waals surface area contributed by atoms with Gasteiger partial charge in [0.1, 0.15) is 17.3 Å². The van der Waals surface area contributed by atoms with E-state index >= 15 is 0 Å². The first kappa shape index (κ1) is 29.7. The monoisotopic (exact) mass is 581 g/mol. The molecule has 0 unspecified atom stereocenters. The first-order valence-electron chi connectivity index (χ1n) is 12.7. The minimum absolute atomic E-state index is 0.0412. The van der Waals surface area contributed by atoms with E-state index in [2.05, 4.69) is 10.3 Å². The van der Waals surface area contributed by atoms with Crippen molar-refractivity contribution in [1.82, 2.24) is 18.8 Å². The van der Waals surface area contributed by atoms with Gasteiger partial charge in [-0.05, 0) is 86.9 Å². The quantitative estimate of drug-likeness (QED) is 0.271. The van der Waals surface area contributed by atoms with Crippen LogP contribution in [-0.4, -0.2) is 81.0 Å². The van der Waals surface area contributed by atoms with Crippen LogP contribution in [-0.2, 0) is 14.8 Å². The van der Waals surface area contributed by atoms with Crippen molar-refractivity contribution in [3.63, 3.8) is 0 Å². The number of sulfonamides is 1. The number of methoxy groups -OCH3 is 2. The summed E-state index contributed by atoms with van der Waals surface area (Å²) in [5.41, 5.74) is 1.86. The Morgan fingerprint density at radius 1 is 0.902 bits per heavy atom. The molecule has 0 aliphatic rings. The van der Waals surface area contributed by atoms with Gasteiger partial charge < -0.3 is 14.4 Å². The number of anilines is 1. The maximum Gasteiger partial charge on any atom is 0.243 e. The van der Waals surface area contributed by atoms with Gasteiger partial charge in [-0.1, -0.05) is 0 Å². The number of aromatic nitrogens is 2. The molecule has 216 valence electrons. The molecule has 0 atom stereocenters. The number of likely N-dealkylation sites (N-methyl/N-ethyl adjacent to an activating group) is 1. The summed E-state index contributed by atoms with van der Waals surface area (Å²) >= 11 is 0. The number of hydrogen-bond donors (Lipinski definition) is 1. The van der Waals surface area contributed by atoms with Crippen LogP contribution in [0.25, 0.3) is 16.9 Å². The second-order valence-electron chi connectivity index (χ2n) is 9.39. The zero-order valence-electron chi connectivity index (χ0n) is 23.2. The van der Waals surface area contributed by atoms with Gasteiger partial charge in [0.2, 0.25) is 21.9 Å². The lowest BCUT2D eigenvalue weighted by atomic mass is 10.1. The van der Waals surface area contributed by atoms with Crippen LogP contribution >= 0.6 is 0 Å². The zero-order chi connectivity index (χ0) is 29.6. The molecule has 1 amide bonds. The molecule has 0 saturated carbocycles. The Kier molecular flexibility index (Phi) is 9.38. The topological polar surface area (TPSA) is 106 Å². The fourth-order valence-corrected chi connectivity index (χ4v) is 5.37. The van der Waals surface area contributed by atoms with Crippen molar-refractivity contribution < 1.29 is 27.1 Å². The molecule has 0 fully saturated rings. The third-order valence-corrected chi connectivity index (χ3v) is 8.12. The molecule has 0 saturated heterocycles. The van der Waals surface area contributed by atoms with E-state index in [1.165, 1.54) is 31.4 Å². The summed E-state index contributed by atoms with van der Waals surface area (Å²) < 4.78 is 53.8. The molecule has 1 N–H and O–H groups in total. The molecule has 0 aliphatic heterocycles. The highest BCUT2D eigenvalue weighted by molar-refractivity contribution is 7.89. The number of halogens is 1. The van der Waals surface area contributed by atoms with Gasteiger partial charge in [0.05, 0.1) is 31.4 Å². The third-order valence-electron chi connectivity index (χ3n) is 6.26. The van der Waals surface area contributed by atoms with E-state index in [0.717, 1.165) is 9.87 Å². The average molecular weight is 582 g/mol. The number of nitrogens with zero attached hydrogens (tertiary/aromatic N) is 4. The largest absolute Gasteiger partial charge is 0.497 e. The van der Waals surface area contributed by atoms with Gasteiger partial charge >= 0.3 is 0 Å². The van der Waals surface area contributed by atoms with E-state index in [9.17, 15) is 17.6 Å². The Bertz CT molecular complexity index is 1570. The maximum atomic E-state index is 13.6. The molecule has 3 aromatic carbocycles. The summed E-state index contributed by atoms with van der Waals surface area (Å²) in [6.45, 7) is 0.0309. The third kappa shape index (κ3) is 7.28. The van der Waals surface area contributed by atoms with Crippen molar-refractivity contribution in [3.05, 3.63) is 84.8 Å². The number of carbonyl (C=O) groups is 1. The lowest BCUT2D eigenvalue weighted by Gasteiger charge is -2.23. The number of ether oxygens (including phenoxy) is 2. The SMILES string of the molecule is COc1ccc(-c2cn(-c3ccc(F)cc3)c(NC(=O)CN(CCN(C)C)S(=O)(=O)c3ccc(OC)cc3)n2)cc1. The van der Waals surface area contributed by atoms with Crippen molar-refractivity contribution in [2.75, 3.05) is 53.3 Å². The molecule has 10 nitrogen and oxygen atoms in total. The van der Waals surface area contributed by atoms with E-state index in [4.69, 9.17) is 9.47 Å². The molecule has 12 heteroatoms.